The van der Waals surface area contributed by atoms with Crippen molar-refractivity contribution in [3.05, 3.63) is 35.9 Å². The van der Waals surface area contributed by atoms with Gasteiger partial charge in [-0.3, -0.25) is 4.79 Å². The van der Waals surface area contributed by atoms with E-state index in [0.29, 0.717) is 19.6 Å². The highest BCUT2D eigenvalue weighted by atomic mass is 16.6. The van der Waals surface area contributed by atoms with Crippen molar-refractivity contribution < 1.29 is 24.2 Å². The van der Waals surface area contributed by atoms with E-state index in [0.717, 1.165) is 5.56 Å². The summed E-state index contributed by atoms with van der Waals surface area (Å²) in [6, 6.07) is 9.41. The summed E-state index contributed by atoms with van der Waals surface area (Å²) in [5, 5.41) is 9.55. The summed E-state index contributed by atoms with van der Waals surface area (Å²) in [4.78, 5) is 25.3. The number of ether oxygens (including phenoxy) is 2. The molecule has 2 aliphatic heterocycles. The van der Waals surface area contributed by atoms with Crippen LogP contribution in [0, 0.1) is 11.3 Å². The van der Waals surface area contributed by atoms with Gasteiger partial charge in [-0.1, -0.05) is 30.3 Å². The molecular weight excluding hydrogens is 286 g/mol. The van der Waals surface area contributed by atoms with Crippen LogP contribution >= 0.6 is 0 Å². The van der Waals surface area contributed by atoms with Crippen LogP contribution in [0.15, 0.2) is 30.3 Å². The summed E-state index contributed by atoms with van der Waals surface area (Å²) in [5.74, 6) is -0.960. The van der Waals surface area contributed by atoms with Crippen molar-refractivity contribution in [1.82, 2.24) is 4.90 Å². The van der Waals surface area contributed by atoms with Gasteiger partial charge in [0.15, 0.2) is 0 Å². The molecule has 2 aliphatic rings. The van der Waals surface area contributed by atoms with Gasteiger partial charge in [0.1, 0.15) is 12.0 Å². The number of carbonyl (C=O) groups excluding carboxylic acids is 1. The van der Waals surface area contributed by atoms with Crippen LogP contribution in [0.3, 0.4) is 0 Å². The average Bonchev–Trinajstić information content (AvgIpc) is 2.95. The zero-order valence-corrected chi connectivity index (χ0v) is 12.2. The molecule has 6 nitrogen and oxygen atoms in total. The molecule has 2 heterocycles. The summed E-state index contributed by atoms with van der Waals surface area (Å²) >= 11 is 0. The minimum absolute atomic E-state index is 0.0666. The van der Waals surface area contributed by atoms with E-state index in [2.05, 4.69) is 0 Å². The topological polar surface area (TPSA) is 76.1 Å². The second-order valence-corrected chi connectivity index (χ2v) is 5.92. The molecular formula is C16H19NO5. The molecule has 0 saturated carbocycles. The highest BCUT2D eigenvalue weighted by molar-refractivity contribution is 5.78. The number of nitrogens with zero attached hydrogens (tertiary/aromatic N) is 1. The molecule has 1 amide bonds. The van der Waals surface area contributed by atoms with E-state index >= 15 is 0 Å². The second kappa shape index (κ2) is 5.96. The van der Waals surface area contributed by atoms with Crippen molar-refractivity contribution >= 4 is 12.1 Å². The second-order valence-electron chi connectivity index (χ2n) is 5.92. The number of fused-ring (bicyclic) bond motifs is 1. The van der Waals surface area contributed by atoms with E-state index in [1.807, 2.05) is 30.3 Å². The molecule has 1 aromatic rings. The lowest BCUT2D eigenvalue weighted by Crippen LogP contribution is -2.46. The highest BCUT2D eigenvalue weighted by Crippen LogP contribution is 2.41. The number of carboxylic acid groups (broad SMARTS) is 1. The van der Waals surface area contributed by atoms with E-state index in [4.69, 9.17) is 9.47 Å². The maximum absolute atomic E-state index is 12.2. The van der Waals surface area contributed by atoms with Gasteiger partial charge in [-0.25, -0.2) is 4.79 Å². The minimum Gasteiger partial charge on any atom is -0.481 e. The number of likely N-dealkylation sites (tertiary alicyclic amines) is 1. The third kappa shape index (κ3) is 2.66. The fourth-order valence-corrected chi connectivity index (χ4v) is 3.24. The lowest BCUT2D eigenvalue weighted by atomic mass is 9.76. The monoisotopic (exact) mass is 305 g/mol. The van der Waals surface area contributed by atoms with Gasteiger partial charge in [0.25, 0.3) is 0 Å². The number of aliphatic carboxylic acids is 1. The van der Waals surface area contributed by atoms with Crippen molar-refractivity contribution in [2.24, 2.45) is 11.3 Å². The Morgan fingerprint density at radius 1 is 1.36 bits per heavy atom. The Morgan fingerprint density at radius 3 is 2.82 bits per heavy atom. The zero-order valence-electron chi connectivity index (χ0n) is 12.2. The molecule has 0 radical (unpaired) electrons. The molecule has 22 heavy (non-hydrogen) atoms. The third-order valence-corrected chi connectivity index (χ3v) is 4.55. The summed E-state index contributed by atoms with van der Waals surface area (Å²) in [7, 11) is 0. The molecule has 118 valence electrons. The molecule has 2 fully saturated rings. The van der Waals surface area contributed by atoms with Crippen LogP contribution in [-0.2, 0) is 20.9 Å². The first kappa shape index (κ1) is 14.8. The Bertz CT molecular complexity index is 561. The van der Waals surface area contributed by atoms with Crippen LogP contribution in [0.2, 0.25) is 0 Å². The normalized spacial score (nSPS) is 27.3. The van der Waals surface area contributed by atoms with E-state index in [9.17, 15) is 14.7 Å². The molecule has 2 atom stereocenters. The van der Waals surface area contributed by atoms with Gasteiger partial charge in [0, 0.05) is 19.7 Å². The number of carboxylic acids is 1. The first-order valence-electron chi connectivity index (χ1n) is 7.38. The molecule has 1 N–H and O–H groups in total. The molecule has 0 bridgehead atoms. The van der Waals surface area contributed by atoms with Crippen LogP contribution in [0.25, 0.3) is 0 Å². The standard InChI is InChI=1S/C16H19NO5/c18-14(19)16-10-17(8-13(16)6-7-21-11-16)15(20)22-9-12-4-2-1-3-5-12/h1-5,13H,6-11H2,(H,18,19)/t13-,16+/m1/s1. The van der Waals surface area contributed by atoms with Crippen molar-refractivity contribution in [1.29, 1.82) is 0 Å². The quantitative estimate of drug-likeness (QED) is 0.920. The zero-order chi connectivity index (χ0) is 15.6. The number of rotatable bonds is 3. The first-order valence-corrected chi connectivity index (χ1v) is 7.38. The molecule has 1 aromatic carbocycles. The van der Waals surface area contributed by atoms with Gasteiger partial charge in [0.2, 0.25) is 0 Å². The van der Waals surface area contributed by atoms with Gasteiger partial charge in [-0.15, -0.1) is 0 Å². The van der Waals surface area contributed by atoms with Crippen molar-refractivity contribution in [3.8, 4) is 0 Å². The van der Waals surface area contributed by atoms with Crippen molar-refractivity contribution in [2.45, 2.75) is 13.0 Å². The van der Waals surface area contributed by atoms with Gasteiger partial charge < -0.3 is 19.5 Å². The van der Waals surface area contributed by atoms with Crippen LogP contribution in [0.5, 0.6) is 0 Å². The number of hydrogen-bond acceptors (Lipinski definition) is 4. The van der Waals surface area contributed by atoms with Gasteiger partial charge in [-0.05, 0) is 17.9 Å². The maximum atomic E-state index is 12.2. The first-order chi connectivity index (χ1) is 10.6. The van der Waals surface area contributed by atoms with Crippen molar-refractivity contribution in [3.63, 3.8) is 0 Å². The molecule has 0 spiro atoms. The SMILES string of the molecule is O=C(OCc1ccccc1)N1C[C@H]2CCOC[C@@]2(C(=O)O)C1. The van der Waals surface area contributed by atoms with Gasteiger partial charge in [-0.2, -0.15) is 0 Å². The number of benzene rings is 1. The summed E-state index contributed by atoms with van der Waals surface area (Å²) < 4.78 is 10.6. The fourth-order valence-electron chi connectivity index (χ4n) is 3.24. The maximum Gasteiger partial charge on any atom is 0.410 e. The van der Waals surface area contributed by atoms with Gasteiger partial charge in [0.05, 0.1) is 6.61 Å². The number of carbonyl (C=O) groups is 2. The predicted molar refractivity (Wildman–Crippen MR) is 77.2 cm³/mol. The Labute approximate surface area is 128 Å². The van der Waals surface area contributed by atoms with E-state index in [-0.39, 0.29) is 25.7 Å². The fraction of sp³-hybridized carbons (Fsp3) is 0.500. The number of hydrogen-bond donors (Lipinski definition) is 1. The Hall–Kier alpha value is -2.08. The van der Waals surface area contributed by atoms with E-state index < -0.39 is 17.5 Å². The van der Waals surface area contributed by atoms with Crippen LogP contribution in [0.4, 0.5) is 4.79 Å². The molecule has 0 unspecified atom stereocenters. The number of amides is 1. The molecule has 0 aromatic heterocycles. The highest BCUT2D eigenvalue weighted by Gasteiger charge is 2.55. The average molecular weight is 305 g/mol. The smallest absolute Gasteiger partial charge is 0.410 e. The Morgan fingerprint density at radius 2 is 2.14 bits per heavy atom. The summed E-state index contributed by atoms with van der Waals surface area (Å²) in [6.07, 6.45) is 0.202. The Kier molecular flexibility index (Phi) is 4.02. The molecule has 6 heteroatoms. The predicted octanol–water partition coefficient (Wildman–Crippen LogP) is 1.75. The van der Waals surface area contributed by atoms with Crippen LogP contribution in [0.1, 0.15) is 12.0 Å². The molecule has 3 rings (SSSR count). The van der Waals surface area contributed by atoms with Gasteiger partial charge >= 0.3 is 12.1 Å². The van der Waals surface area contributed by atoms with Crippen LogP contribution < -0.4 is 0 Å². The van der Waals surface area contributed by atoms with Crippen molar-refractivity contribution in [2.75, 3.05) is 26.3 Å². The lowest BCUT2D eigenvalue weighted by Gasteiger charge is -2.33. The minimum atomic E-state index is -0.982. The molecule has 0 aliphatic carbocycles. The largest absolute Gasteiger partial charge is 0.481 e. The van der Waals surface area contributed by atoms with E-state index in [1.165, 1.54) is 4.90 Å². The lowest BCUT2D eigenvalue weighted by molar-refractivity contribution is -0.159. The Balaban J connectivity index is 1.63. The molecule has 2 saturated heterocycles. The third-order valence-electron chi connectivity index (χ3n) is 4.55. The van der Waals surface area contributed by atoms with Crippen LogP contribution in [-0.4, -0.2) is 48.4 Å². The van der Waals surface area contributed by atoms with E-state index in [1.54, 1.807) is 0 Å². The summed E-state index contributed by atoms with van der Waals surface area (Å²) in [6.45, 7) is 1.48. The summed E-state index contributed by atoms with van der Waals surface area (Å²) in [5.41, 5.74) is -0.0759.